The molecule has 0 aliphatic heterocycles. The Balaban J connectivity index is 0.00000288. The van der Waals surface area contributed by atoms with Crippen LogP contribution in [-0.2, 0) is 4.79 Å². The fourth-order valence-electron chi connectivity index (χ4n) is 3.43. The van der Waals surface area contributed by atoms with Gasteiger partial charge in [-0.15, -0.1) is 12.4 Å². The van der Waals surface area contributed by atoms with E-state index >= 15 is 0 Å². The molecule has 1 aliphatic rings. The summed E-state index contributed by atoms with van der Waals surface area (Å²) in [4.78, 5) is 15.0. The molecule has 4 nitrogen and oxygen atoms in total. The van der Waals surface area contributed by atoms with Crippen LogP contribution in [0.4, 0.5) is 0 Å². The van der Waals surface area contributed by atoms with Crippen molar-refractivity contribution >= 4 is 24.3 Å². The molecule has 0 N–H and O–H groups in total. The number of nitrogens with zero attached hydrogens (tertiary/aromatic N) is 1. The minimum absolute atomic E-state index is 0. The third kappa shape index (κ3) is 4.11. The highest BCUT2D eigenvalue weighted by molar-refractivity contribution is 6.05. The first-order chi connectivity index (χ1) is 11.0. The van der Waals surface area contributed by atoms with E-state index in [1.54, 1.807) is 14.2 Å². The molecule has 1 atom stereocenters. The van der Waals surface area contributed by atoms with Gasteiger partial charge in [0, 0.05) is 12.0 Å². The molecule has 1 fully saturated rings. The summed E-state index contributed by atoms with van der Waals surface area (Å²) < 4.78 is 10.6. The first-order valence-corrected chi connectivity index (χ1v) is 8.08. The Kier molecular flexibility index (Phi) is 7.30. The fraction of sp³-hybridized carbons (Fsp3) is 0.526. The van der Waals surface area contributed by atoms with Gasteiger partial charge < -0.3 is 14.4 Å². The zero-order chi connectivity index (χ0) is 17.0. The summed E-state index contributed by atoms with van der Waals surface area (Å²) in [5.74, 6) is 1.67. The van der Waals surface area contributed by atoms with Gasteiger partial charge in [-0.25, -0.2) is 0 Å². The molecule has 1 aliphatic carbocycles. The van der Waals surface area contributed by atoms with Gasteiger partial charge in [0.05, 0.1) is 14.2 Å². The van der Waals surface area contributed by atoms with Crippen LogP contribution in [0.1, 0.15) is 31.7 Å². The Labute approximate surface area is 151 Å². The molecule has 1 aromatic carbocycles. The molecule has 0 bridgehead atoms. The standard InChI is InChI=1S/C19H27NO3.ClH/c1-6-19(13-20(2)3)10-9-15(18(19)21)11-14-7-8-16(22-4)17(12-14)23-5;/h7-8,11-12H,6,9-10,13H2,1-5H3;1H/b15-11+;. The van der Waals surface area contributed by atoms with Crippen molar-refractivity contribution in [2.24, 2.45) is 5.41 Å². The fourth-order valence-corrected chi connectivity index (χ4v) is 3.43. The third-order valence-electron chi connectivity index (χ3n) is 4.69. The highest BCUT2D eigenvalue weighted by Crippen LogP contribution is 2.42. The van der Waals surface area contributed by atoms with Gasteiger partial charge in [-0.1, -0.05) is 13.0 Å². The summed E-state index contributed by atoms with van der Waals surface area (Å²) in [6.07, 6.45) is 4.65. The van der Waals surface area contributed by atoms with Crippen molar-refractivity contribution in [1.29, 1.82) is 0 Å². The second-order valence-electron chi connectivity index (χ2n) is 6.48. The van der Waals surface area contributed by atoms with E-state index < -0.39 is 0 Å². The minimum atomic E-state index is -0.230. The normalized spacial score (nSPS) is 21.9. The Morgan fingerprint density at radius 3 is 2.42 bits per heavy atom. The Morgan fingerprint density at radius 1 is 1.21 bits per heavy atom. The average molecular weight is 354 g/mol. The van der Waals surface area contributed by atoms with E-state index in [4.69, 9.17) is 9.47 Å². The predicted octanol–water partition coefficient (Wildman–Crippen LogP) is 3.83. The van der Waals surface area contributed by atoms with Crippen LogP contribution in [0.5, 0.6) is 11.5 Å². The number of methoxy groups -OCH3 is 2. The van der Waals surface area contributed by atoms with E-state index in [1.807, 2.05) is 38.4 Å². The van der Waals surface area contributed by atoms with Gasteiger partial charge in [0.25, 0.3) is 0 Å². The number of benzene rings is 1. The number of carbonyl (C=O) groups is 1. The highest BCUT2D eigenvalue weighted by atomic mass is 35.5. The number of rotatable bonds is 6. The first kappa shape index (κ1) is 20.5. The van der Waals surface area contributed by atoms with Crippen LogP contribution in [-0.4, -0.2) is 45.5 Å². The summed E-state index contributed by atoms with van der Waals surface area (Å²) in [5, 5.41) is 0. The van der Waals surface area contributed by atoms with Gasteiger partial charge >= 0.3 is 0 Å². The lowest BCUT2D eigenvalue weighted by Crippen LogP contribution is -2.36. The highest BCUT2D eigenvalue weighted by Gasteiger charge is 2.43. The van der Waals surface area contributed by atoms with Crippen molar-refractivity contribution in [2.45, 2.75) is 26.2 Å². The Morgan fingerprint density at radius 2 is 1.88 bits per heavy atom. The molecule has 2 rings (SSSR count). The number of halogens is 1. The van der Waals surface area contributed by atoms with Gasteiger partial charge in [-0.05, 0) is 62.7 Å². The van der Waals surface area contributed by atoms with Crippen molar-refractivity contribution in [3.63, 3.8) is 0 Å². The van der Waals surface area contributed by atoms with Gasteiger partial charge in [0.2, 0.25) is 0 Å². The predicted molar refractivity (Wildman–Crippen MR) is 100 cm³/mol. The second kappa shape index (κ2) is 8.54. The van der Waals surface area contributed by atoms with E-state index in [9.17, 15) is 4.79 Å². The maximum absolute atomic E-state index is 12.9. The van der Waals surface area contributed by atoms with Crippen molar-refractivity contribution in [3.05, 3.63) is 29.3 Å². The van der Waals surface area contributed by atoms with E-state index in [-0.39, 0.29) is 17.8 Å². The molecule has 0 saturated heterocycles. The maximum atomic E-state index is 12.9. The summed E-state index contributed by atoms with van der Waals surface area (Å²) in [6, 6.07) is 5.74. The summed E-state index contributed by atoms with van der Waals surface area (Å²) in [6.45, 7) is 2.92. The molecular formula is C19H28ClNO3. The second-order valence-corrected chi connectivity index (χ2v) is 6.48. The van der Waals surface area contributed by atoms with Crippen LogP contribution >= 0.6 is 12.4 Å². The molecule has 134 valence electrons. The molecule has 0 aromatic heterocycles. The molecule has 0 heterocycles. The molecular weight excluding hydrogens is 326 g/mol. The van der Waals surface area contributed by atoms with Crippen LogP contribution < -0.4 is 9.47 Å². The van der Waals surface area contributed by atoms with Gasteiger partial charge in [0.1, 0.15) is 0 Å². The number of ether oxygens (including phenoxy) is 2. The smallest absolute Gasteiger partial charge is 0.166 e. The monoisotopic (exact) mass is 353 g/mol. The molecule has 24 heavy (non-hydrogen) atoms. The van der Waals surface area contributed by atoms with Crippen molar-refractivity contribution in [2.75, 3.05) is 34.9 Å². The lowest BCUT2D eigenvalue weighted by Gasteiger charge is -2.28. The lowest BCUT2D eigenvalue weighted by atomic mass is 9.81. The summed E-state index contributed by atoms with van der Waals surface area (Å²) >= 11 is 0. The van der Waals surface area contributed by atoms with Crippen molar-refractivity contribution in [1.82, 2.24) is 4.90 Å². The van der Waals surface area contributed by atoms with Crippen molar-refractivity contribution in [3.8, 4) is 11.5 Å². The first-order valence-electron chi connectivity index (χ1n) is 8.08. The molecule has 1 aromatic rings. The molecule has 0 amide bonds. The average Bonchev–Trinajstić information content (AvgIpc) is 2.84. The topological polar surface area (TPSA) is 38.8 Å². The number of ketones is 1. The molecule has 1 unspecified atom stereocenters. The summed E-state index contributed by atoms with van der Waals surface area (Å²) in [5.41, 5.74) is 1.66. The number of hydrogen-bond donors (Lipinski definition) is 0. The number of carbonyl (C=O) groups excluding carboxylic acids is 1. The maximum Gasteiger partial charge on any atom is 0.166 e. The van der Waals surface area contributed by atoms with Crippen LogP contribution in [0.3, 0.4) is 0 Å². The molecule has 1 saturated carbocycles. The quantitative estimate of drug-likeness (QED) is 0.728. The van der Waals surface area contributed by atoms with E-state index in [0.29, 0.717) is 17.3 Å². The largest absolute Gasteiger partial charge is 0.493 e. The number of allylic oxidation sites excluding steroid dienone is 1. The van der Waals surface area contributed by atoms with Crippen LogP contribution in [0.25, 0.3) is 6.08 Å². The molecule has 5 heteroatoms. The molecule has 0 radical (unpaired) electrons. The van der Waals surface area contributed by atoms with Gasteiger partial charge in [0.15, 0.2) is 17.3 Å². The van der Waals surface area contributed by atoms with Gasteiger partial charge in [-0.3, -0.25) is 4.79 Å². The van der Waals surface area contributed by atoms with Crippen LogP contribution in [0, 0.1) is 5.41 Å². The zero-order valence-corrected chi connectivity index (χ0v) is 16.0. The van der Waals surface area contributed by atoms with E-state index in [2.05, 4.69) is 11.8 Å². The third-order valence-corrected chi connectivity index (χ3v) is 4.69. The van der Waals surface area contributed by atoms with Crippen LogP contribution in [0.15, 0.2) is 23.8 Å². The lowest BCUT2D eigenvalue weighted by molar-refractivity contribution is -0.123. The van der Waals surface area contributed by atoms with Crippen LogP contribution in [0.2, 0.25) is 0 Å². The minimum Gasteiger partial charge on any atom is -0.493 e. The Hall–Kier alpha value is -1.52. The van der Waals surface area contributed by atoms with E-state index in [1.165, 1.54) is 0 Å². The zero-order valence-electron chi connectivity index (χ0n) is 15.2. The number of Topliss-reactive ketones (excluding diaryl/α,β-unsaturated/α-hetero) is 1. The van der Waals surface area contributed by atoms with Crippen molar-refractivity contribution < 1.29 is 14.3 Å². The van der Waals surface area contributed by atoms with E-state index in [0.717, 1.165) is 36.9 Å². The molecule has 0 spiro atoms. The summed E-state index contributed by atoms with van der Waals surface area (Å²) in [7, 11) is 7.30. The number of hydrogen-bond acceptors (Lipinski definition) is 4. The Bertz CT molecular complexity index is 613. The van der Waals surface area contributed by atoms with Gasteiger partial charge in [-0.2, -0.15) is 0 Å². The SMILES string of the molecule is CCC1(CN(C)C)CC/C(=C\c2ccc(OC)c(OC)c2)C1=O.Cl.